The highest BCUT2D eigenvalue weighted by atomic mass is 16.5. The molecular weight excluding hydrogens is 390 g/mol. The Hall–Kier alpha value is -3.60. The fourth-order valence-electron chi connectivity index (χ4n) is 3.90. The van der Waals surface area contributed by atoms with E-state index in [1.54, 1.807) is 0 Å². The number of carbonyl (C=O) groups is 2. The van der Waals surface area contributed by atoms with Crippen LogP contribution in [0.25, 0.3) is 0 Å². The summed E-state index contributed by atoms with van der Waals surface area (Å²) in [4.78, 5) is 25.7. The van der Waals surface area contributed by atoms with Crippen molar-refractivity contribution in [1.29, 1.82) is 0 Å². The first-order valence-electron chi connectivity index (χ1n) is 10.4. The zero-order valence-corrected chi connectivity index (χ0v) is 17.8. The van der Waals surface area contributed by atoms with E-state index in [4.69, 9.17) is 9.47 Å². The molecule has 5 heteroatoms. The predicted molar refractivity (Wildman–Crippen MR) is 120 cm³/mol. The van der Waals surface area contributed by atoms with Gasteiger partial charge in [0, 0.05) is 16.8 Å². The first-order valence-corrected chi connectivity index (χ1v) is 10.4. The molecule has 0 atom stereocenters. The quantitative estimate of drug-likeness (QED) is 0.556. The molecule has 5 nitrogen and oxygen atoms in total. The molecule has 0 saturated heterocycles. The molecule has 3 aromatic rings. The zero-order chi connectivity index (χ0) is 22.0. The van der Waals surface area contributed by atoms with E-state index < -0.39 is 11.9 Å². The molecule has 0 radical (unpaired) electrons. The highest BCUT2D eigenvalue weighted by Crippen LogP contribution is 2.44. The molecule has 1 aliphatic heterocycles. The number of aryl methyl sites for hydroxylation is 1. The number of carbonyl (C=O) groups excluding carboxylic acids is 2. The largest absolute Gasteiger partial charge is 0.457 e. The van der Waals surface area contributed by atoms with E-state index in [0.29, 0.717) is 11.5 Å². The summed E-state index contributed by atoms with van der Waals surface area (Å²) in [6.45, 7) is 5.74. The van der Waals surface area contributed by atoms with Crippen LogP contribution in [0.15, 0.2) is 66.7 Å². The van der Waals surface area contributed by atoms with Crippen LogP contribution >= 0.6 is 0 Å². The Morgan fingerprint density at radius 1 is 0.935 bits per heavy atom. The minimum absolute atomic E-state index is 0.257. The van der Waals surface area contributed by atoms with Crippen molar-refractivity contribution < 1.29 is 19.1 Å². The van der Waals surface area contributed by atoms with Gasteiger partial charge in [-0.25, -0.2) is 0 Å². The highest BCUT2D eigenvalue weighted by molar-refractivity contribution is 5.95. The van der Waals surface area contributed by atoms with Crippen LogP contribution in [0, 0.1) is 6.92 Å². The van der Waals surface area contributed by atoms with Gasteiger partial charge in [0.2, 0.25) is 0 Å². The van der Waals surface area contributed by atoms with Crippen molar-refractivity contribution in [3.8, 4) is 11.5 Å². The molecule has 0 saturated carbocycles. The van der Waals surface area contributed by atoms with Gasteiger partial charge in [0.05, 0.1) is 0 Å². The topological polar surface area (TPSA) is 64.6 Å². The van der Waals surface area contributed by atoms with Gasteiger partial charge in [-0.3, -0.25) is 9.59 Å². The molecule has 0 aliphatic carbocycles. The molecule has 0 bridgehead atoms. The van der Waals surface area contributed by atoms with Crippen molar-refractivity contribution in [2.24, 2.45) is 0 Å². The number of rotatable bonds is 5. The lowest BCUT2D eigenvalue weighted by Crippen LogP contribution is -2.26. The van der Waals surface area contributed by atoms with Gasteiger partial charge >= 0.3 is 5.97 Å². The Kier molecular flexibility index (Phi) is 5.76. The Bertz CT molecular complexity index is 1090. The van der Waals surface area contributed by atoms with E-state index in [2.05, 4.69) is 19.2 Å². The fraction of sp³-hybridized carbons (Fsp3) is 0.231. The van der Waals surface area contributed by atoms with Crippen molar-refractivity contribution >= 4 is 17.6 Å². The van der Waals surface area contributed by atoms with Crippen molar-refractivity contribution in [3.05, 3.63) is 89.0 Å². The molecule has 0 spiro atoms. The monoisotopic (exact) mass is 415 g/mol. The van der Waals surface area contributed by atoms with Crippen LogP contribution in [0.4, 0.5) is 5.69 Å². The van der Waals surface area contributed by atoms with Gasteiger partial charge in [-0.05, 0) is 36.1 Å². The minimum Gasteiger partial charge on any atom is -0.457 e. The summed E-state index contributed by atoms with van der Waals surface area (Å²) >= 11 is 0. The molecule has 158 valence electrons. The number of para-hydroxylation sites is 3. The number of benzene rings is 3. The number of esters is 1. The van der Waals surface area contributed by atoms with E-state index in [0.717, 1.165) is 27.9 Å². The number of fused-ring (bicyclic) bond motifs is 2. The van der Waals surface area contributed by atoms with Crippen LogP contribution in [0.1, 0.15) is 47.9 Å². The molecule has 1 amide bonds. The molecule has 31 heavy (non-hydrogen) atoms. The summed E-state index contributed by atoms with van der Waals surface area (Å²) in [6, 6.07) is 20.7. The number of hydrogen-bond donors (Lipinski definition) is 1. The normalized spacial score (nSPS) is 12.5. The van der Waals surface area contributed by atoms with Crippen LogP contribution in [-0.2, 0) is 14.3 Å². The summed E-state index contributed by atoms with van der Waals surface area (Å²) in [6.07, 6.45) is 0. The van der Waals surface area contributed by atoms with Gasteiger partial charge in [0.1, 0.15) is 17.4 Å². The average molecular weight is 415 g/mol. The first-order chi connectivity index (χ1) is 15.0. The lowest BCUT2D eigenvalue weighted by atomic mass is 9.88. The highest BCUT2D eigenvalue weighted by Gasteiger charge is 2.33. The average Bonchev–Trinajstić information content (AvgIpc) is 2.77. The van der Waals surface area contributed by atoms with Gasteiger partial charge in [0.25, 0.3) is 5.91 Å². The maximum atomic E-state index is 13.1. The maximum absolute atomic E-state index is 13.1. The van der Waals surface area contributed by atoms with E-state index in [-0.39, 0.29) is 18.4 Å². The van der Waals surface area contributed by atoms with Crippen molar-refractivity contribution in [1.82, 2.24) is 0 Å². The smallest absolute Gasteiger partial charge is 0.318 e. The second kappa shape index (κ2) is 8.64. The summed E-state index contributed by atoms with van der Waals surface area (Å²) in [5.74, 6) is 0.0141. The lowest BCUT2D eigenvalue weighted by Gasteiger charge is -2.26. The molecule has 3 aromatic carbocycles. The molecule has 4 rings (SSSR count). The second-order valence-corrected chi connectivity index (χ2v) is 7.96. The number of anilines is 1. The standard InChI is InChI=1S/C26H25NO4/c1-16(2)18-12-8-9-17(3)25(18)27-23(28)15-30-26(29)24-19-10-4-6-13-21(19)31-22-14-7-5-11-20(22)24/h4-14,16,24H,15H2,1-3H3,(H,27,28). The Balaban J connectivity index is 1.51. The van der Waals surface area contributed by atoms with Gasteiger partial charge in [-0.2, -0.15) is 0 Å². The molecule has 1 N–H and O–H groups in total. The van der Waals surface area contributed by atoms with Gasteiger partial charge in [-0.1, -0.05) is 68.4 Å². The molecule has 0 fully saturated rings. The molecule has 0 unspecified atom stereocenters. The maximum Gasteiger partial charge on any atom is 0.318 e. The zero-order valence-electron chi connectivity index (χ0n) is 17.8. The van der Waals surface area contributed by atoms with Crippen LogP contribution < -0.4 is 10.1 Å². The first kappa shape index (κ1) is 20.7. The third-order valence-electron chi connectivity index (χ3n) is 5.45. The Labute approximate surface area is 182 Å². The second-order valence-electron chi connectivity index (χ2n) is 7.96. The molecule has 1 aliphatic rings. The van der Waals surface area contributed by atoms with Crippen molar-refractivity contribution in [2.45, 2.75) is 32.6 Å². The number of nitrogens with one attached hydrogen (secondary N) is 1. The SMILES string of the molecule is Cc1cccc(C(C)C)c1NC(=O)COC(=O)C1c2ccccc2Oc2ccccc21. The number of hydrogen-bond acceptors (Lipinski definition) is 4. The fourth-order valence-corrected chi connectivity index (χ4v) is 3.90. The number of ether oxygens (including phenoxy) is 2. The van der Waals surface area contributed by atoms with E-state index in [1.165, 1.54) is 0 Å². The van der Waals surface area contributed by atoms with Crippen LogP contribution in [0.2, 0.25) is 0 Å². The predicted octanol–water partition coefficient (Wildman–Crippen LogP) is 5.54. The molecule has 1 heterocycles. The van der Waals surface area contributed by atoms with E-state index in [1.807, 2.05) is 73.7 Å². The van der Waals surface area contributed by atoms with Crippen LogP contribution in [-0.4, -0.2) is 18.5 Å². The van der Waals surface area contributed by atoms with E-state index in [9.17, 15) is 9.59 Å². The third kappa shape index (κ3) is 4.17. The van der Waals surface area contributed by atoms with Gasteiger partial charge in [-0.15, -0.1) is 0 Å². The van der Waals surface area contributed by atoms with Crippen LogP contribution in [0.5, 0.6) is 11.5 Å². The summed E-state index contributed by atoms with van der Waals surface area (Å²) in [7, 11) is 0. The minimum atomic E-state index is -0.640. The Morgan fingerprint density at radius 2 is 1.55 bits per heavy atom. The number of amides is 1. The van der Waals surface area contributed by atoms with Gasteiger partial charge in [0.15, 0.2) is 6.61 Å². The van der Waals surface area contributed by atoms with Crippen LogP contribution in [0.3, 0.4) is 0 Å². The summed E-state index contributed by atoms with van der Waals surface area (Å²) < 4.78 is 11.4. The van der Waals surface area contributed by atoms with Crippen molar-refractivity contribution in [2.75, 3.05) is 11.9 Å². The van der Waals surface area contributed by atoms with E-state index >= 15 is 0 Å². The Morgan fingerprint density at radius 3 is 2.16 bits per heavy atom. The lowest BCUT2D eigenvalue weighted by molar-refractivity contribution is -0.148. The molecule has 0 aromatic heterocycles. The van der Waals surface area contributed by atoms with Crippen molar-refractivity contribution in [3.63, 3.8) is 0 Å². The summed E-state index contributed by atoms with van der Waals surface area (Å²) in [5.41, 5.74) is 4.26. The molecular formula is C26H25NO4. The summed E-state index contributed by atoms with van der Waals surface area (Å²) in [5, 5.41) is 2.92. The third-order valence-corrected chi connectivity index (χ3v) is 5.45. The van der Waals surface area contributed by atoms with Gasteiger partial charge < -0.3 is 14.8 Å².